The first-order valence-corrected chi connectivity index (χ1v) is 6.47. The highest BCUT2D eigenvalue weighted by Crippen LogP contribution is 2.23. The summed E-state index contributed by atoms with van der Waals surface area (Å²) >= 11 is 4.99. The topological polar surface area (TPSA) is 72.0 Å². The minimum atomic E-state index is -0.630. The molecule has 6 nitrogen and oxygen atoms in total. The van der Waals surface area contributed by atoms with Crippen LogP contribution in [-0.4, -0.2) is 31.3 Å². The van der Waals surface area contributed by atoms with Crippen LogP contribution in [0.1, 0.15) is 13.3 Å². The number of aliphatic imine (C=N–C) groups is 1. The number of alkyl carbamates (subject to hydrolysis) is 1. The summed E-state index contributed by atoms with van der Waals surface area (Å²) in [6.07, 6.45) is 1.68. The van der Waals surface area contributed by atoms with Gasteiger partial charge in [-0.3, -0.25) is 5.32 Å². The zero-order chi connectivity index (χ0) is 14.8. The second-order valence-corrected chi connectivity index (χ2v) is 4.10. The highest BCUT2D eigenvalue weighted by atomic mass is 32.1. The van der Waals surface area contributed by atoms with Gasteiger partial charge in [0.25, 0.3) is 0 Å². The highest BCUT2D eigenvalue weighted by molar-refractivity contribution is 7.80. The third-order valence-corrected chi connectivity index (χ3v) is 2.35. The summed E-state index contributed by atoms with van der Waals surface area (Å²) in [7, 11) is 1.27. The third-order valence-electron chi connectivity index (χ3n) is 2.14. The van der Waals surface area contributed by atoms with E-state index in [1.54, 1.807) is 12.1 Å². The number of methoxy groups -OCH3 is 1. The Morgan fingerprint density at radius 1 is 1.45 bits per heavy atom. The molecule has 0 aliphatic rings. The average molecular weight is 295 g/mol. The summed E-state index contributed by atoms with van der Waals surface area (Å²) < 4.78 is 9.64. The Morgan fingerprint density at radius 2 is 2.20 bits per heavy atom. The molecule has 0 saturated carbocycles. The molecule has 1 aromatic rings. The van der Waals surface area contributed by atoms with Gasteiger partial charge in [-0.05, 0) is 30.8 Å². The van der Waals surface area contributed by atoms with Crippen LogP contribution < -0.4 is 10.6 Å². The van der Waals surface area contributed by atoms with Crippen molar-refractivity contribution in [2.75, 3.05) is 19.0 Å². The molecule has 0 spiro atoms. The van der Waals surface area contributed by atoms with Gasteiger partial charge in [0.1, 0.15) is 0 Å². The molecule has 1 amide bonds. The molecule has 108 valence electrons. The van der Waals surface area contributed by atoms with Crippen molar-refractivity contribution in [3.05, 3.63) is 24.3 Å². The first-order valence-electron chi connectivity index (χ1n) is 6.06. The van der Waals surface area contributed by atoms with Gasteiger partial charge in [0, 0.05) is 0 Å². The van der Waals surface area contributed by atoms with Crippen molar-refractivity contribution in [3.8, 4) is 0 Å². The smallest absolute Gasteiger partial charge is 0.413 e. The van der Waals surface area contributed by atoms with Gasteiger partial charge in [-0.25, -0.2) is 9.79 Å². The SMILES string of the molecule is CCCO/C=N/c1ccccc1NC(=S)NC(=O)OC. The number of hydrogen-bond donors (Lipinski definition) is 2. The van der Waals surface area contributed by atoms with E-state index in [0.717, 1.165) is 6.42 Å². The number of amides is 1. The van der Waals surface area contributed by atoms with Gasteiger partial charge in [-0.1, -0.05) is 19.1 Å². The standard InChI is InChI=1S/C13H17N3O3S/c1-3-8-19-9-14-10-6-4-5-7-11(10)15-12(20)16-13(17)18-2/h4-7,9H,3,8H2,1-2H3,(H2,15,16,17,20)/b14-9+. The van der Waals surface area contributed by atoms with E-state index in [-0.39, 0.29) is 5.11 Å². The van der Waals surface area contributed by atoms with E-state index in [1.165, 1.54) is 13.5 Å². The molecule has 0 aliphatic heterocycles. The Bertz CT molecular complexity index is 492. The lowest BCUT2D eigenvalue weighted by Gasteiger charge is -2.10. The molecule has 0 unspecified atom stereocenters. The zero-order valence-electron chi connectivity index (χ0n) is 11.4. The van der Waals surface area contributed by atoms with Gasteiger partial charge >= 0.3 is 6.09 Å². The number of carbonyl (C=O) groups is 1. The Kier molecular flexibility index (Phi) is 7.05. The van der Waals surface area contributed by atoms with Gasteiger partial charge in [-0.15, -0.1) is 0 Å². The lowest BCUT2D eigenvalue weighted by atomic mass is 10.3. The quantitative estimate of drug-likeness (QED) is 0.378. The molecule has 0 fully saturated rings. The highest BCUT2D eigenvalue weighted by Gasteiger charge is 2.06. The molecule has 20 heavy (non-hydrogen) atoms. The van der Waals surface area contributed by atoms with E-state index in [0.29, 0.717) is 18.0 Å². The molecule has 0 atom stereocenters. The second-order valence-electron chi connectivity index (χ2n) is 3.69. The molecule has 2 N–H and O–H groups in total. The summed E-state index contributed by atoms with van der Waals surface area (Å²) in [5.41, 5.74) is 1.31. The summed E-state index contributed by atoms with van der Waals surface area (Å²) in [6.45, 7) is 2.63. The molecule has 1 aromatic carbocycles. The first kappa shape index (κ1) is 15.9. The van der Waals surface area contributed by atoms with Crippen LogP contribution in [0.3, 0.4) is 0 Å². The third kappa shape index (κ3) is 5.66. The van der Waals surface area contributed by atoms with Crippen molar-refractivity contribution in [1.82, 2.24) is 5.32 Å². The van der Waals surface area contributed by atoms with Crippen molar-refractivity contribution in [3.63, 3.8) is 0 Å². The summed E-state index contributed by atoms with van der Waals surface area (Å²) in [4.78, 5) is 15.2. The Hall–Kier alpha value is -2.15. The van der Waals surface area contributed by atoms with Crippen LogP contribution in [-0.2, 0) is 9.47 Å². The summed E-state index contributed by atoms with van der Waals surface area (Å²) in [6, 6.07) is 7.26. The number of hydrogen-bond acceptors (Lipinski definition) is 5. The summed E-state index contributed by atoms with van der Waals surface area (Å²) in [5, 5.41) is 5.36. The van der Waals surface area contributed by atoms with Gasteiger partial charge in [0.15, 0.2) is 11.5 Å². The van der Waals surface area contributed by atoms with Crippen LogP contribution in [0.25, 0.3) is 0 Å². The normalized spacial score (nSPS) is 10.1. The van der Waals surface area contributed by atoms with Gasteiger partial charge in [-0.2, -0.15) is 0 Å². The first-order chi connectivity index (χ1) is 9.67. The number of benzene rings is 1. The van der Waals surface area contributed by atoms with Crippen molar-refractivity contribution in [2.45, 2.75) is 13.3 Å². The van der Waals surface area contributed by atoms with Crippen LogP contribution in [0.15, 0.2) is 29.3 Å². The molecular formula is C13H17N3O3S. The Labute approximate surface area is 123 Å². The van der Waals surface area contributed by atoms with E-state index in [1.807, 2.05) is 19.1 Å². The lowest BCUT2D eigenvalue weighted by Crippen LogP contribution is -2.33. The number of nitrogens with one attached hydrogen (secondary N) is 2. The van der Waals surface area contributed by atoms with E-state index in [9.17, 15) is 4.79 Å². The summed E-state index contributed by atoms with van der Waals surface area (Å²) in [5.74, 6) is 0. The van der Waals surface area contributed by atoms with E-state index in [2.05, 4.69) is 20.4 Å². The van der Waals surface area contributed by atoms with Gasteiger partial charge in [0.2, 0.25) is 0 Å². The Morgan fingerprint density at radius 3 is 2.90 bits per heavy atom. The number of thiocarbonyl (C=S) groups is 1. The molecule has 0 heterocycles. The molecule has 7 heteroatoms. The number of rotatable bonds is 5. The van der Waals surface area contributed by atoms with Gasteiger partial charge in [0.05, 0.1) is 25.1 Å². The maximum atomic E-state index is 11.0. The molecule has 0 aromatic heterocycles. The molecular weight excluding hydrogens is 278 g/mol. The molecule has 1 rings (SSSR count). The van der Waals surface area contributed by atoms with Crippen molar-refractivity contribution in [1.29, 1.82) is 0 Å². The monoisotopic (exact) mass is 295 g/mol. The second kappa shape index (κ2) is 8.87. The molecule has 0 saturated heterocycles. The van der Waals surface area contributed by atoms with Crippen LogP contribution >= 0.6 is 12.2 Å². The predicted octanol–water partition coefficient (Wildman–Crippen LogP) is 2.83. The van der Waals surface area contributed by atoms with E-state index < -0.39 is 6.09 Å². The average Bonchev–Trinajstić information content (AvgIpc) is 2.45. The number of para-hydroxylation sites is 2. The van der Waals surface area contributed by atoms with E-state index >= 15 is 0 Å². The van der Waals surface area contributed by atoms with Crippen LogP contribution in [0.4, 0.5) is 16.2 Å². The van der Waals surface area contributed by atoms with Crippen molar-refractivity contribution < 1.29 is 14.3 Å². The largest absolute Gasteiger partial charge is 0.483 e. The maximum Gasteiger partial charge on any atom is 0.413 e. The Balaban J connectivity index is 2.67. The minimum Gasteiger partial charge on any atom is -0.483 e. The fourth-order valence-corrected chi connectivity index (χ4v) is 1.45. The van der Waals surface area contributed by atoms with Crippen molar-refractivity contribution >= 4 is 41.2 Å². The van der Waals surface area contributed by atoms with Crippen LogP contribution in [0.2, 0.25) is 0 Å². The molecule has 0 aliphatic carbocycles. The van der Waals surface area contributed by atoms with Crippen molar-refractivity contribution in [2.24, 2.45) is 4.99 Å². The molecule has 0 bridgehead atoms. The fourth-order valence-electron chi connectivity index (χ4n) is 1.25. The fraction of sp³-hybridized carbons (Fsp3) is 0.308. The number of nitrogens with zero attached hydrogens (tertiary/aromatic N) is 1. The van der Waals surface area contributed by atoms with Gasteiger partial charge < -0.3 is 14.8 Å². The number of anilines is 1. The van der Waals surface area contributed by atoms with Crippen LogP contribution in [0, 0.1) is 0 Å². The minimum absolute atomic E-state index is 0.133. The van der Waals surface area contributed by atoms with E-state index in [4.69, 9.17) is 17.0 Å². The zero-order valence-corrected chi connectivity index (χ0v) is 12.2. The van der Waals surface area contributed by atoms with Crippen LogP contribution in [0.5, 0.6) is 0 Å². The predicted molar refractivity (Wildman–Crippen MR) is 82.6 cm³/mol. The maximum absolute atomic E-state index is 11.0. The number of carbonyl (C=O) groups excluding carboxylic acids is 1. The lowest BCUT2D eigenvalue weighted by molar-refractivity contribution is 0.177. The number of ether oxygens (including phenoxy) is 2. The molecule has 0 radical (unpaired) electrons.